The third-order valence-corrected chi connectivity index (χ3v) is 11.3. The molecule has 0 amide bonds. The summed E-state index contributed by atoms with van der Waals surface area (Å²) in [4.78, 5) is 2.56. The van der Waals surface area contributed by atoms with Crippen LogP contribution in [0.2, 0.25) is 18.1 Å². The molecule has 2 fully saturated rings. The van der Waals surface area contributed by atoms with Crippen LogP contribution in [-0.4, -0.2) is 47.1 Å². The molecule has 146 valence electrons. The van der Waals surface area contributed by atoms with Crippen molar-refractivity contribution in [3.8, 4) is 11.5 Å². The van der Waals surface area contributed by atoms with E-state index < -0.39 is 8.32 Å². The van der Waals surface area contributed by atoms with Gasteiger partial charge in [-0.15, -0.1) is 0 Å². The topological polar surface area (TPSA) is 30.9 Å². The minimum absolute atomic E-state index is 0.281. The summed E-state index contributed by atoms with van der Waals surface area (Å²) < 4.78 is 17.4. The fourth-order valence-corrected chi connectivity index (χ4v) is 4.89. The van der Waals surface area contributed by atoms with Crippen LogP contribution < -0.4 is 9.47 Å². The van der Waals surface area contributed by atoms with Gasteiger partial charge in [0.1, 0.15) is 11.5 Å². The quantitative estimate of drug-likeness (QED) is 0.653. The second-order valence-electron chi connectivity index (χ2n) is 9.66. The van der Waals surface area contributed by atoms with Gasteiger partial charge in [-0.2, -0.15) is 0 Å². The molecule has 2 unspecified atom stereocenters. The molecule has 1 saturated carbocycles. The second-order valence-corrected chi connectivity index (χ2v) is 14.5. The van der Waals surface area contributed by atoms with Gasteiger partial charge < -0.3 is 13.9 Å². The van der Waals surface area contributed by atoms with Crippen molar-refractivity contribution in [2.24, 2.45) is 11.3 Å². The monoisotopic (exact) mass is 377 g/mol. The smallest absolute Gasteiger partial charge is 0.192 e. The van der Waals surface area contributed by atoms with Crippen molar-refractivity contribution in [2.45, 2.75) is 51.9 Å². The molecule has 1 heterocycles. The molecule has 0 bridgehead atoms. The van der Waals surface area contributed by atoms with E-state index in [2.05, 4.69) is 44.8 Å². The van der Waals surface area contributed by atoms with Crippen molar-refractivity contribution in [2.75, 3.05) is 33.9 Å². The molecule has 0 N–H and O–H groups in total. The van der Waals surface area contributed by atoms with Crippen molar-refractivity contribution in [3.63, 3.8) is 0 Å². The van der Waals surface area contributed by atoms with Crippen molar-refractivity contribution in [1.82, 2.24) is 4.90 Å². The fourth-order valence-electron chi connectivity index (χ4n) is 3.81. The van der Waals surface area contributed by atoms with Crippen LogP contribution in [0.25, 0.3) is 0 Å². The van der Waals surface area contributed by atoms with Crippen LogP contribution in [0.1, 0.15) is 32.8 Å². The average Bonchev–Trinajstić information content (AvgIpc) is 3.14. The molecule has 0 spiro atoms. The Kier molecular flexibility index (Phi) is 5.19. The van der Waals surface area contributed by atoms with Gasteiger partial charge in [0.2, 0.25) is 0 Å². The lowest BCUT2D eigenvalue weighted by atomic mass is 10.1. The van der Waals surface area contributed by atoms with Gasteiger partial charge in [0.05, 0.1) is 14.2 Å². The average molecular weight is 378 g/mol. The Hall–Kier alpha value is -1.04. The fraction of sp³-hybridized carbons (Fsp3) is 0.714. The minimum atomic E-state index is -1.67. The molecular formula is C21H35NO3Si. The maximum absolute atomic E-state index is 6.57. The zero-order chi connectivity index (χ0) is 19.2. The van der Waals surface area contributed by atoms with E-state index in [0.29, 0.717) is 5.41 Å². The predicted molar refractivity (Wildman–Crippen MR) is 109 cm³/mol. The maximum atomic E-state index is 6.57. The van der Waals surface area contributed by atoms with Gasteiger partial charge in [-0.05, 0) is 36.5 Å². The van der Waals surface area contributed by atoms with Gasteiger partial charge in [-0.1, -0.05) is 26.8 Å². The predicted octanol–water partition coefficient (Wildman–Crippen LogP) is 4.55. The van der Waals surface area contributed by atoms with Crippen LogP contribution in [0, 0.1) is 11.3 Å². The zero-order valence-corrected chi connectivity index (χ0v) is 18.5. The Balaban J connectivity index is 1.60. The lowest BCUT2D eigenvalue weighted by Gasteiger charge is -2.37. The number of benzene rings is 1. The van der Waals surface area contributed by atoms with Crippen LogP contribution >= 0.6 is 0 Å². The second kappa shape index (κ2) is 6.84. The maximum Gasteiger partial charge on any atom is 0.192 e. The Labute approximate surface area is 159 Å². The van der Waals surface area contributed by atoms with Crippen LogP contribution in [0.3, 0.4) is 0 Å². The third-order valence-electron chi connectivity index (χ3n) is 6.79. The molecule has 5 heteroatoms. The molecule has 0 aromatic heterocycles. The Morgan fingerprint density at radius 2 is 1.92 bits per heavy atom. The van der Waals surface area contributed by atoms with E-state index in [1.54, 1.807) is 14.2 Å². The summed E-state index contributed by atoms with van der Waals surface area (Å²) in [6.07, 6.45) is 1.33. The summed E-state index contributed by atoms with van der Waals surface area (Å²) in [5.41, 5.74) is 1.63. The highest BCUT2D eigenvalue weighted by molar-refractivity contribution is 6.74. The van der Waals surface area contributed by atoms with E-state index in [9.17, 15) is 0 Å². The SMILES string of the molecule is COc1ccc(CN2CC3CC3(CO[Si](C)(C)C(C)(C)C)C2)c(OC)c1. The number of methoxy groups -OCH3 is 2. The molecule has 1 aromatic carbocycles. The Morgan fingerprint density at radius 3 is 2.54 bits per heavy atom. The van der Waals surface area contributed by atoms with Crippen molar-refractivity contribution in [3.05, 3.63) is 23.8 Å². The molecule has 1 aliphatic carbocycles. The molecule has 1 aromatic rings. The molecule has 26 heavy (non-hydrogen) atoms. The van der Waals surface area contributed by atoms with E-state index in [-0.39, 0.29) is 5.04 Å². The van der Waals surface area contributed by atoms with Gasteiger partial charge >= 0.3 is 0 Å². The Bertz CT molecular complexity index is 655. The Morgan fingerprint density at radius 1 is 1.19 bits per heavy atom. The standard InChI is InChI=1S/C21H35NO3Si/c1-20(2,3)26(6,7)25-15-21-11-17(21)13-22(14-21)12-16-8-9-18(23-4)10-19(16)24-5/h8-10,17H,11-15H2,1-7H3. The molecular weight excluding hydrogens is 342 g/mol. The molecule has 3 rings (SSSR count). The van der Waals surface area contributed by atoms with E-state index >= 15 is 0 Å². The first-order chi connectivity index (χ1) is 12.1. The summed E-state index contributed by atoms with van der Waals surface area (Å²) in [6.45, 7) is 15.9. The normalized spacial score (nSPS) is 25.9. The first-order valence-corrected chi connectivity index (χ1v) is 12.6. The summed E-state index contributed by atoms with van der Waals surface area (Å²) in [5, 5.41) is 0.281. The number of hydrogen-bond donors (Lipinski definition) is 0. The number of likely N-dealkylation sites (tertiary alicyclic amines) is 1. The van der Waals surface area contributed by atoms with E-state index in [0.717, 1.165) is 37.1 Å². The van der Waals surface area contributed by atoms with Gasteiger partial charge in [-0.25, -0.2) is 0 Å². The number of rotatable bonds is 7. The summed E-state index contributed by atoms with van der Waals surface area (Å²) in [7, 11) is 1.75. The number of hydrogen-bond acceptors (Lipinski definition) is 4. The van der Waals surface area contributed by atoms with Crippen molar-refractivity contribution in [1.29, 1.82) is 0 Å². The third kappa shape index (κ3) is 3.80. The van der Waals surface area contributed by atoms with Gasteiger partial charge in [0.25, 0.3) is 0 Å². The summed E-state index contributed by atoms with van der Waals surface area (Å²) >= 11 is 0. The number of piperidine rings is 1. The number of nitrogens with zero attached hydrogens (tertiary/aromatic N) is 1. The highest BCUT2D eigenvalue weighted by Crippen LogP contribution is 2.58. The molecule has 2 atom stereocenters. The largest absolute Gasteiger partial charge is 0.497 e. The van der Waals surface area contributed by atoms with Gasteiger partial charge in [0.15, 0.2) is 8.32 Å². The van der Waals surface area contributed by atoms with Crippen molar-refractivity contribution < 1.29 is 13.9 Å². The molecule has 1 aliphatic heterocycles. The first-order valence-electron chi connectivity index (χ1n) is 9.67. The van der Waals surface area contributed by atoms with Crippen LogP contribution in [0.15, 0.2) is 18.2 Å². The summed E-state index contributed by atoms with van der Waals surface area (Å²) in [5.74, 6) is 2.56. The van der Waals surface area contributed by atoms with Crippen LogP contribution in [0.4, 0.5) is 0 Å². The van der Waals surface area contributed by atoms with E-state index in [1.807, 2.05) is 12.1 Å². The first kappa shape index (κ1) is 19.7. The molecule has 0 radical (unpaired) electrons. The number of fused-ring (bicyclic) bond motifs is 1. The van der Waals surface area contributed by atoms with Crippen molar-refractivity contribution >= 4 is 8.32 Å². The minimum Gasteiger partial charge on any atom is -0.497 e. The van der Waals surface area contributed by atoms with E-state index in [1.165, 1.54) is 18.5 Å². The van der Waals surface area contributed by atoms with E-state index in [4.69, 9.17) is 13.9 Å². The van der Waals surface area contributed by atoms with Gasteiger partial charge in [0, 0.05) is 43.3 Å². The molecule has 2 aliphatic rings. The lowest BCUT2D eigenvalue weighted by molar-refractivity contribution is 0.187. The van der Waals surface area contributed by atoms with Gasteiger partial charge in [-0.3, -0.25) is 4.90 Å². The summed E-state index contributed by atoms with van der Waals surface area (Å²) in [6, 6.07) is 6.12. The lowest BCUT2D eigenvalue weighted by Crippen LogP contribution is -2.42. The highest BCUT2D eigenvalue weighted by Gasteiger charge is 2.60. The number of ether oxygens (including phenoxy) is 2. The van der Waals surface area contributed by atoms with Crippen LogP contribution in [-0.2, 0) is 11.0 Å². The molecule has 1 saturated heterocycles. The highest BCUT2D eigenvalue weighted by atomic mass is 28.4. The zero-order valence-electron chi connectivity index (χ0n) is 17.5. The molecule has 4 nitrogen and oxygen atoms in total. The van der Waals surface area contributed by atoms with Crippen LogP contribution in [0.5, 0.6) is 11.5 Å².